The zero-order valence-electron chi connectivity index (χ0n) is 15.6. The van der Waals surface area contributed by atoms with E-state index >= 15 is 0 Å². The fraction of sp³-hybridized carbons (Fsp3) is 0.333. The van der Waals surface area contributed by atoms with E-state index in [9.17, 15) is 9.59 Å². The zero-order chi connectivity index (χ0) is 18.9. The monoisotopic (exact) mass is 354 g/mol. The molecule has 1 atom stereocenters. The van der Waals surface area contributed by atoms with E-state index in [-0.39, 0.29) is 11.8 Å². The number of benzene rings is 2. The number of carbonyl (C=O) groups excluding carboxylic acids is 2. The van der Waals surface area contributed by atoms with Crippen LogP contribution in [0.2, 0.25) is 0 Å². The first-order valence-corrected chi connectivity index (χ1v) is 8.73. The van der Waals surface area contributed by atoms with Crippen molar-refractivity contribution >= 4 is 11.8 Å². The van der Waals surface area contributed by atoms with Crippen LogP contribution in [0.5, 0.6) is 5.75 Å². The molecule has 1 N–H and O–H groups in total. The van der Waals surface area contributed by atoms with Gasteiger partial charge in [-0.2, -0.15) is 0 Å². The lowest BCUT2D eigenvalue weighted by atomic mass is 10.1. The Balaban J connectivity index is 1.92. The first-order valence-electron chi connectivity index (χ1n) is 8.73. The summed E-state index contributed by atoms with van der Waals surface area (Å²) < 4.78 is 5.14. The highest BCUT2D eigenvalue weighted by Gasteiger charge is 2.23. The first-order chi connectivity index (χ1) is 12.5. The van der Waals surface area contributed by atoms with Crippen molar-refractivity contribution in [1.29, 1.82) is 0 Å². The number of hydrogen-bond acceptors (Lipinski definition) is 3. The summed E-state index contributed by atoms with van der Waals surface area (Å²) >= 11 is 0. The summed E-state index contributed by atoms with van der Waals surface area (Å²) in [5, 5.41) is 2.92. The van der Waals surface area contributed by atoms with E-state index in [1.54, 1.807) is 18.9 Å². The number of amides is 2. The van der Waals surface area contributed by atoms with Gasteiger partial charge in [0.15, 0.2) is 0 Å². The molecule has 0 aromatic heterocycles. The third-order valence-corrected chi connectivity index (χ3v) is 4.32. The van der Waals surface area contributed by atoms with Crippen molar-refractivity contribution in [1.82, 2.24) is 10.2 Å². The molecule has 0 aliphatic heterocycles. The molecule has 0 fully saturated rings. The highest BCUT2D eigenvalue weighted by atomic mass is 16.5. The number of hydrogen-bond donors (Lipinski definition) is 1. The van der Waals surface area contributed by atoms with Gasteiger partial charge in [-0.1, -0.05) is 42.5 Å². The van der Waals surface area contributed by atoms with E-state index in [2.05, 4.69) is 5.32 Å². The molecule has 2 aromatic carbocycles. The lowest BCUT2D eigenvalue weighted by Crippen LogP contribution is -2.47. The largest absolute Gasteiger partial charge is 0.497 e. The molecule has 5 heteroatoms. The smallest absolute Gasteiger partial charge is 0.242 e. The van der Waals surface area contributed by atoms with Crippen LogP contribution in [0, 0.1) is 0 Å². The number of nitrogens with one attached hydrogen (secondary N) is 1. The van der Waals surface area contributed by atoms with E-state index < -0.39 is 6.04 Å². The average Bonchev–Trinajstić information content (AvgIpc) is 2.66. The predicted octanol–water partition coefficient (Wildman–Crippen LogP) is 2.79. The van der Waals surface area contributed by atoms with Crippen LogP contribution in [0.3, 0.4) is 0 Å². The van der Waals surface area contributed by atoms with E-state index in [0.717, 1.165) is 17.7 Å². The summed E-state index contributed by atoms with van der Waals surface area (Å²) in [7, 11) is 1.61. The number of nitrogens with zero attached hydrogens (tertiary/aromatic N) is 1. The van der Waals surface area contributed by atoms with E-state index in [0.29, 0.717) is 13.1 Å². The summed E-state index contributed by atoms with van der Waals surface area (Å²) in [6.45, 7) is 4.16. The normalized spacial score (nSPS) is 11.5. The Labute approximate surface area is 155 Å². The molecule has 0 unspecified atom stereocenters. The van der Waals surface area contributed by atoms with Crippen molar-refractivity contribution in [3.05, 3.63) is 65.7 Å². The van der Waals surface area contributed by atoms with Crippen molar-refractivity contribution < 1.29 is 14.3 Å². The van der Waals surface area contributed by atoms with Gasteiger partial charge in [0.05, 0.1) is 7.11 Å². The molecule has 26 heavy (non-hydrogen) atoms. The molecule has 0 heterocycles. The minimum absolute atomic E-state index is 0.133. The van der Waals surface area contributed by atoms with Gasteiger partial charge in [0, 0.05) is 20.0 Å². The van der Waals surface area contributed by atoms with Crippen molar-refractivity contribution in [2.24, 2.45) is 0 Å². The molecule has 0 saturated heterocycles. The lowest BCUT2D eigenvalue weighted by molar-refractivity contribution is -0.138. The Kier molecular flexibility index (Phi) is 7.21. The zero-order valence-corrected chi connectivity index (χ0v) is 15.6. The van der Waals surface area contributed by atoms with Crippen LogP contribution in [0.1, 0.15) is 25.0 Å². The second kappa shape index (κ2) is 9.61. The highest BCUT2D eigenvalue weighted by molar-refractivity contribution is 5.86. The summed E-state index contributed by atoms with van der Waals surface area (Å²) in [5.74, 6) is 0.478. The molecule has 2 rings (SSSR count). The van der Waals surface area contributed by atoms with Crippen LogP contribution >= 0.6 is 0 Å². The summed E-state index contributed by atoms with van der Waals surface area (Å²) in [5.41, 5.74) is 2.12. The van der Waals surface area contributed by atoms with Gasteiger partial charge in [0.25, 0.3) is 0 Å². The van der Waals surface area contributed by atoms with Crippen LogP contribution in [0.25, 0.3) is 0 Å². The van der Waals surface area contributed by atoms with Crippen LogP contribution in [0.15, 0.2) is 54.6 Å². The summed E-state index contributed by atoms with van der Waals surface area (Å²) in [6.07, 6.45) is 0.762. The number of methoxy groups -OCH3 is 1. The van der Waals surface area contributed by atoms with Crippen molar-refractivity contribution in [2.45, 2.75) is 32.9 Å². The molecule has 2 aromatic rings. The number of rotatable bonds is 8. The van der Waals surface area contributed by atoms with Gasteiger partial charge in [-0.3, -0.25) is 9.59 Å². The molecule has 0 bridgehead atoms. The van der Waals surface area contributed by atoms with E-state index in [1.807, 2.05) is 54.6 Å². The Bertz CT molecular complexity index is 714. The third-order valence-electron chi connectivity index (χ3n) is 4.32. The molecule has 0 radical (unpaired) electrons. The summed E-state index contributed by atoms with van der Waals surface area (Å²) in [6, 6.07) is 16.9. The molecule has 138 valence electrons. The molecule has 0 aliphatic carbocycles. The quantitative estimate of drug-likeness (QED) is 0.793. The van der Waals surface area contributed by atoms with Gasteiger partial charge in [-0.05, 0) is 36.6 Å². The molecule has 0 saturated carbocycles. The molecule has 5 nitrogen and oxygen atoms in total. The van der Waals surface area contributed by atoms with Gasteiger partial charge in [-0.15, -0.1) is 0 Å². The molecule has 2 amide bonds. The summed E-state index contributed by atoms with van der Waals surface area (Å²) in [4.78, 5) is 26.0. The number of ether oxygens (including phenoxy) is 1. The van der Waals surface area contributed by atoms with E-state index in [4.69, 9.17) is 4.74 Å². The van der Waals surface area contributed by atoms with Gasteiger partial charge >= 0.3 is 0 Å². The third kappa shape index (κ3) is 5.62. The van der Waals surface area contributed by atoms with Crippen molar-refractivity contribution in [3.8, 4) is 5.75 Å². The van der Waals surface area contributed by atoms with Gasteiger partial charge in [-0.25, -0.2) is 0 Å². The van der Waals surface area contributed by atoms with Crippen molar-refractivity contribution in [2.75, 3.05) is 13.7 Å². The van der Waals surface area contributed by atoms with Gasteiger partial charge in [0.2, 0.25) is 11.8 Å². The Morgan fingerprint density at radius 3 is 2.27 bits per heavy atom. The van der Waals surface area contributed by atoms with Crippen molar-refractivity contribution in [3.63, 3.8) is 0 Å². The maximum absolute atomic E-state index is 12.4. The second-order valence-corrected chi connectivity index (χ2v) is 6.20. The fourth-order valence-corrected chi connectivity index (χ4v) is 2.71. The molecule has 0 spiro atoms. The lowest BCUT2D eigenvalue weighted by Gasteiger charge is -2.27. The van der Waals surface area contributed by atoms with Crippen LogP contribution in [-0.2, 0) is 22.6 Å². The maximum atomic E-state index is 12.4. The standard InChI is InChI=1S/C21H26N2O3/c1-16(21(25)22-14-13-18-7-5-4-6-8-18)23(17(2)24)15-19-9-11-20(26-3)12-10-19/h4-12,16H,13-15H2,1-3H3,(H,22,25)/t16-/m1/s1. The first kappa shape index (κ1) is 19.5. The second-order valence-electron chi connectivity index (χ2n) is 6.20. The van der Waals surface area contributed by atoms with E-state index in [1.165, 1.54) is 12.5 Å². The minimum atomic E-state index is -0.537. The Morgan fingerprint density at radius 1 is 1.04 bits per heavy atom. The predicted molar refractivity (Wildman–Crippen MR) is 102 cm³/mol. The minimum Gasteiger partial charge on any atom is -0.497 e. The SMILES string of the molecule is COc1ccc(CN(C(C)=O)[C@H](C)C(=O)NCCc2ccccc2)cc1. The molecular weight excluding hydrogens is 328 g/mol. The number of carbonyl (C=O) groups is 2. The highest BCUT2D eigenvalue weighted by Crippen LogP contribution is 2.14. The van der Waals surface area contributed by atoms with Crippen LogP contribution in [0.4, 0.5) is 0 Å². The topological polar surface area (TPSA) is 58.6 Å². The Hall–Kier alpha value is -2.82. The maximum Gasteiger partial charge on any atom is 0.242 e. The van der Waals surface area contributed by atoms with Crippen LogP contribution < -0.4 is 10.1 Å². The molecule has 0 aliphatic rings. The van der Waals surface area contributed by atoms with Gasteiger partial charge in [0.1, 0.15) is 11.8 Å². The van der Waals surface area contributed by atoms with Crippen LogP contribution in [-0.4, -0.2) is 36.4 Å². The molecular formula is C21H26N2O3. The van der Waals surface area contributed by atoms with Gasteiger partial charge < -0.3 is 15.0 Å². The fourth-order valence-electron chi connectivity index (χ4n) is 2.71. The average molecular weight is 354 g/mol. The Morgan fingerprint density at radius 2 is 1.69 bits per heavy atom.